The van der Waals surface area contributed by atoms with Gasteiger partial charge in [-0.2, -0.15) is 25.3 Å². The van der Waals surface area contributed by atoms with Gasteiger partial charge in [-0.15, -0.1) is 0 Å². The summed E-state index contributed by atoms with van der Waals surface area (Å²) in [6.45, 7) is 5.90. The maximum absolute atomic E-state index is 12.1. The average Bonchev–Trinajstić information content (AvgIpc) is 2.88. The summed E-state index contributed by atoms with van der Waals surface area (Å²) in [5.41, 5.74) is 2.14. The predicted molar refractivity (Wildman–Crippen MR) is 162 cm³/mol. The summed E-state index contributed by atoms with van der Waals surface area (Å²) < 4.78 is 102. The molecule has 0 aromatic heterocycles. The fourth-order valence-electron chi connectivity index (χ4n) is 4.39. The molecule has 0 saturated heterocycles. The summed E-state index contributed by atoms with van der Waals surface area (Å²) in [6, 6.07) is 16.6. The summed E-state index contributed by atoms with van der Waals surface area (Å²) in [4.78, 5) is -1.21. The van der Waals surface area contributed by atoms with Gasteiger partial charge in [0.05, 0.1) is 20.8 Å². The van der Waals surface area contributed by atoms with Gasteiger partial charge in [0.25, 0.3) is 30.4 Å². The minimum Gasteiger partial charge on any atom is -0.282 e. The number of benzene rings is 3. The van der Waals surface area contributed by atoms with E-state index in [4.69, 9.17) is 0 Å². The Labute approximate surface area is 242 Å². The van der Waals surface area contributed by atoms with Crippen LogP contribution < -0.4 is 15.9 Å². The maximum atomic E-state index is 12.1. The minimum absolute atomic E-state index is 0.201. The molecule has 0 fully saturated rings. The molecule has 9 nitrogen and oxygen atoms in total. The first-order valence-corrected chi connectivity index (χ1v) is 18.7. The molecule has 0 spiro atoms. The Morgan fingerprint density at radius 2 is 1.00 bits per heavy atom. The lowest BCUT2D eigenvalue weighted by molar-refractivity contribution is 0.481. The van der Waals surface area contributed by atoms with Crippen LogP contribution in [0.2, 0.25) is 0 Å². The van der Waals surface area contributed by atoms with Crippen molar-refractivity contribution >= 4 is 53.5 Å². The van der Waals surface area contributed by atoms with Gasteiger partial charge in [0.15, 0.2) is 0 Å². The third-order valence-electron chi connectivity index (χ3n) is 6.47. The quantitative estimate of drug-likeness (QED) is 0.157. The summed E-state index contributed by atoms with van der Waals surface area (Å²) in [5, 5.41) is 1.17. The highest BCUT2D eigenvalue weighted by atomic mass is 32.2. The Balaban J connectivity index is 2.46. The van der Waals surface area contributed by atoms with E-state index in [0.717, 1.165) is 17.6 Å². The van der Waals surface area contributed by atoms with E-state index >= 15 is 0 Å². The van der Waals surface area contributed by atoms with Crippen LogP contribution in [0.15, 0.2) is 111 Å². The summed E-state index contributed by atoms with van der Waals surface area (Å²) in [6.07, 6.45) is 5.69. The monoisotopic (exact) mass is 639 g/mol. The van der Waals surface area contributed by atoms with Crippen LogP contribution in [-0.4, -0.2) is 45.1 Å². The van der Waals surface area contributed by atoms with Gasteiger partial charge in [0.2, 0.25) is 0 Å². The van der Waals surface area contributed by atoms with Crippen molar-refractivity contribution in [3.63, 3.8) is 0 Å². The van der Waals surface area contributed by atoms with Gasteiger partial charge in [-0.3, -0.25) is 13.7 Å². The molecule has 0 aliphatic carbocycles. The molecule has 0 atom stereocenters. The molecular formula is C28H32O9PS3+. The second-order valence-electron chi connectivity index (χ2n) is 9.78. The second-order valence-corrected chi connectivity index (χ2v) is 17.6. The van der Waals surface area contributed by atoms with Crippen molar-refractivity contribution in [3.8, 4) is 0 Å². The molecule has 0 heterocycles. The molecule has 0 unspecified atom stereocenters. The first-order valence-electron chi connectivity index (χ1n) is 12.4. The van der Waals surface area contributed by atoms with Crippen molar-refractivity contribution in [2.45, 2.75) is 48.3 Å². The number of hydrogen-bond donors (Lipinski definition) is 3. The van der Waals surface area contributed by atoms with Crippen LogP contribution in [0, 0.1) is 0 Å². The van der Waals surface area contributed by atoms with E-state index in [0.29, 0.717) is 22.3 Å². The Morgan fingerprint density at radius 1 is 0.634 bits per heavy atom. The van der Waals surface area contributed by atoms with E-state index in [2.05, 4.69) is 6.08 Å². The van der Waals surface area contributed by atoms with E-state index in [1.54, 1.807) is 18.2 Å². The normalized spacial score (nSPS) is 13.2. The molecule has 3 aromatic carbocycles. The number of rotatable bonds is 11. The average molecular weight is 640 g/mol. The van der Waals surface area contributed by atoms with E-state index in [9.17, 15) is 38.9 Å². The molecular weight excluding hydrogens is 607 g/mol. The van der Waals surface area contributed by atoms with Crippen molar-refractivity contribution in [1.29, 1.82) is 0 Å². The van der Waals surface area contributed by atoms with Crippen LogP contribution >= 0.6 is 7.26 Å². The van der Waals surface area contributed by atoms with Crippen LogP contribution in [0.1, 0.15) is 33.6 Å². The van der Waals surface area contributed by atoms with Gasteiger partial charge >= 0.3 is 0 Å². The molecule has 3 aromatic rings. The van der Waals surface area contributed by atoms with E-state index < -0.39 is 52.3 Å². The zero-order valence-electron chi connectivity index (χ0n) is 22.7. The zero-order chi connectivity index (χ0) is 30.6. The summed E-state index contributed by atoms with van der Waals surface area (Å²) >= 11 is 0. The Hall–Kier alpha value is -2.70. The third kappa shape index (κ3) is 8.20. The molecule has 0 saturated carbocycles. The minimum atomic E-state index is -4.64. The van der Waals surface area contributed by atoms with Gasteiger partial charge in [0.1, 0.15) is 23.2 Å². The van der Waals surface area contributed by atoms with Crippen molar-refractivity contribution < 1.29 is 38.9 Å². The summed E-state index contributed by atoms with van der Waals surface area (Å²) in [5.74, 6) is 0. The fraction of sp³-hybridized carbons (Fsp3) is 0.214. The first-order chi connectivity index (χ1) is 18.9. The molecule has 13 heteroatoms. The van der Waals surface area contributed by atoms with Gasteiger partial charge in [-0.05, 0) is 76.1 Å². The molecule has 0 bridgehead atoms. The molecule has 0 amide bonds. The Bertz CT molecular complexity index is 1640. The van der Waals surface area contributed by atoms with Crippen LogP contribution in [0.3, 0.4) is 0 Å². The van der Waals surface area contributed by atoms with Gasteiger partial charge < -0.3 is 0 Å². The predicted octanol–water partition coefficient (Wildman–Crippen LogP) is 4.41. The van der Waals surface area contributed by atoms with Gasteiger partial charge in [-0.25, -0.2) is 0 Å². The van der Waals surface area contributed by atoms with Crippen LogP contribution in [0.4, 0.5) is 0 Å². The molecule has 3 N–H and O–H groups in total. The van der Waals surface area contributed by atoms with Crippen molar-refractivity contribution in [1.82, 2.24) is 0 Å². The molecule has 0 aliphatic rings. The SMILES string of the molecule is CC(C)=CCC/C(C)=C/C[P+](c1cccc(S(=O)(=O)O)c1)(c1cccc(S(=O)(=O)O)c1)c1cccc(S(=O)(=O)O)c1. The lowest BCUT2D eigenvalue weighted by Crippen LogP contribution is -2.34. The highest BCUT2D eigenvalue weighted by Gasteiger charge is 2.46. The zero-order valence-corrected chi connectivity index (χ0v) is 26.0. The fourth-order valence-corrected chi connectivity index (χ4v) is 10.4. The Morgan fingerprint density at radius 3 is 1.32 bits per heavy atom. The molecule has 0 aliphatic heterocycles. The largest absolute Gasteiger partial charge is 0.294 e. The standard InChI is InChI=1S/C28H31O9PS3/c1-21(2)8-4-9-22(3)16-17-38(23-10-5-13-26(18-23)39(29,30)31,24-11-6-14-27(19-24)40(32,33)34)25-12-7-15-28(20-25)41(35,36)37/h5-8,10-16,18-20H,4,9,17H2,1-3H3,(H2-,29,30,31,32,33,34,35,36,37)/p+1/b22-16+. The molecule has 0 radical (unpaired) electrons. The third-order valence-corrected chi connectivity index (χ3v) is 13.2. The molecule has 3 rings (SSSR count). The lowest BCUT2D eigenvalue weighted by Gasteiger charge is -2.27. The Kier molecular flexibility index (Phi) is 10.1. The highest BCUT2D eigenvalue weighted by molar-refractivity contribution is 7.96. The van der Waals surface area contributed by atoms with E-state index in [-0.39, 0.29) is 6.16 Å². The highest BCUT2D eigenvalue weighted by Crippen LogP contribution is 2.56. The van der Waals surface area contributed by atoms with Crippen molar-refractivity contribution in [3.05, 3.63) is 96.1 Å². The van der Waals surface area contributed by atoms with Crippen molar-refractivity contribution in [2.75, 3.05) is 6.16 Å². The first kappa shape index (κ1) is 32.8. The lowest BCUT2D eigenvalue weighted by atomic mass is 10.1. The van der Waals surface area contributed by atoms with Crippen molar-refractivity contribution in [2.24, 2.45) is 0 Å². The smallest absolute Gasteiger partial charge is 0.282 e. The van der Waals surface area contributed by atoms with Gasteiger partial charge in [-0.1, -0.05) is 35.4 Å². The topological polar surface area (TPSA) is 163 Å². The van der Waals surface area contributed by atoms with Crippen LogP contribution in [0.5, 0.6) is 0 Å². The molecule has 220 valence electrons. The van der Waals surface area contributed by atoms with Gasteiger partial charge in [0, 0.05) is 18.2 Å². The van der Waals surface area contributed by atoms with Crippen LogP contribution in [0.25, 0.3) is 0 Å². The van der Waals surface area contributed by atoms with E-state index in [1.807, 2.05) is 26.8 Å². The number of allylic oxidation sites excluding steroid dienone is 4. The van der Waals surface area contributed by atoms with Crippen LogP contribution in [-0.2, 0) is 30.4 Å². The molecule has 41 heavy (non-hydrogen) atoms. The summed E-state index contributed by atoms with van der Waals surface area (Å²) in [7, 11) is -17.1. The van der Waals surface area contributed by atoms with E-state index in [1.165, 1.54) is 54.6 Å². The number of hydrogen-bond acceptors (Lipinski definition) is 6. The second kappa shape index (κ2) is 12.7. The maximum Gasteiger partial charge on any atom is 0.294 e.